The van der Waals surface area contributed by atoms with Gasteiger partial charge in [0.2, 0.25) is 0 Å². The van der Waals surface area contributed by atoms with E-state index in [1.807, 2.05) is 18.7 Å². The monoisotopic (exact) mass is 317 g/mol. The van der Waals surface area contributed by atoms with Crippen LogP contribution in [-0.2, 0) is 7.05 Å². The van der Waals surface area contributed by atoms with E-state index in [4.69, 9.17) is 0 Å². The van der Waals surface area contributed by atoms with Crippen molar-refractivity contribution in [2.45, 2.75) is 40.0 Å². The van der Waals surface area contributed by atoms with Gasteiger partial charge in [-0.25, -0.2) is 9.97 Å². The van der Waals surface area contributed by atoms with Gasteiger partial charge < -0.3 is 10.0 Å². The first-order chi connectivity index (χ1) is 11.0. The van der Waals surface area contributed by atoms with Gasteiger partial charge in [-0.05, 0) is 32.1 Å². The molecule has 23 heavy (non-hydrogen) atoms. The number of aliphatic hydroxyl groups excluding tert-OH is 1. The van der Waals surface area contributed by atoms with Gasteiger partial charge in [0.05, 0.1) is 17.7 Å². The molecule has 6 heteroatoms. The first kappa shape index (κ1) is 16.2. The van der Waals surface area contributed by atoms with Gasteiger partial charge in [-0.15, -0.1) is 0 Å². The molecular weight excluding hydrogens is 290 g/mol. The van der Waals surface area contributed by atoms with E-state index in [0.717, 1.165) is 54.9 Å². The average Bonchev–Trinajstić information content (AvgIpc) is 2.82. The molecule has 0 aromatic carbocycles. The lowest BCUT2D eigenvalue weighted by Gasteiger charge is -2.43. The maximum atomic E-state index is 10.1. The molecule has 0 aliphatic carbocycles. The van der Waals surface area contributed by atoms with Gasteiger partial charge in [-0.3, -0.25) is 4.68 Å². The maximum Gasteiger partial charge on any atom is 0.163 e. The highest BCUT2D eigenvalue weighted by molar-refractivity contribution is 5.89. The molecule has 1 aliphatic rings. The van der Waals surface area contributed by atoms with Crippen molar-refractivity contribution in [3.63, 3.8) is 0 Å². The van der Waals surface area contributed by atoms with Gasteiger partial charge in [0.15, 0.2) is 5.65 Å². The molecule has 1 saturated heterocycles. The van der Waals surface area contributed by atoms with E-state index in [1.165, 1.54) is 0 Å². The largest absolute Gasteiger partial charge is 0.396 e. The maximum absolute atomic E-state index is 10.1. The molecule has 0 amide bonds. The molecule has 3 heterocycles. The van der Waals surface area contributed by atoms with Crippen LogP contribution in [0.25, 0.3) is 11.0 Å². The second-order valence-corrected chi connectivity index (χ2v) is 7.39. The van der Waals surface area contributed by atoms with Crippen LogP contribution in [0, 0.1) is 18.3 Å². The van der Waals surface area contributed by atoms with Crippen LogP contribution >= 0.6 is 0 Å². The SMILES string of the molecule is Cc1nn(C)c2ncnc(N3CCC[C@](CO)(CC(C)C)C3)c12. The summed E-state index contributed by atoms with van der Waals surface area (Å²) < 4.78 is 1.81. The van der Waals surface area contributed by atoms with E-state index in [2.05, 4.69) is 33.8 Å². The summed E-state index contributed by atoms with van der Waals surface area (Å²) in [5.41, 5.74) is 1.80. The number of aliphatic hydroxyl groups is 1. The number of aromatic nitrogens is 4. The van der Waals surface area contributed by atoms with Crippen LogP contribution in [-0.4, -0.2) is 44.6 Å². The van der Waals surface area contributed by atoms with Crippen molar-refractivity contribution in [3.8, 4) is 0 Å². The Morgan fingerprint density at radius 1 is 1.35 bits per heavy atom. The van der Waals surface area contributed by atoms with Crippen LogP contribution in [0.15, 0.2) is 6.33 Å². The Morgan fingerprint density at radius 3 is 2.83 bits per heavy atom. The molecule has 0 saturated carbocycles. The number of nitrogens with zero attached hydrogens (tertiary/aromatic N) is 5. The topological polar surface area (TPSA) is 67.1 Å². The molecule has 2 aromatic heterocycles. The second-order valence-electron chi connectivity index (χ2n) is 7.39. The van der Waals surface area contributed by atoms with E-state index in [0.29, 0.717) is 5.92 Å². The minimum absolute atomic E-state index is 0.0280. The Labute approximate surface area is 137 Å². The quantitative estimate of drug-likeness (QED) is 0.937. The summed E-state index contributed by atoms with van der Waals surface area (Å²) in [6.07, 6.45) is 4.83. The highest BCUT2D eigenvalue weighted by Crippen LogP contribution is 2.38. The van der Waals surface area contributed by atoms with Crippen LogP contribution < -0.4 is 4.90 Å². The Balaban J connectivity index is 1.98. The number of anilines is 1. The molecule has 6 nitrogen and oxygen atoms in total. The number of hydrogen-bond donors (Lipinski definition) is 1. The van der Waals surface area contributed by atoms with Crippen molar-refractivity contribution < 1.29 is 5.11 Å². The zero-order valence-corrected chi connectivity index (χ0v) is 14.6. The van der Waals surface area contributed by atoms with Crippen molar-refractivity contribution >= 4 is 16.9 Å². The number of piperidine rings is 1. The van der Waals surface area contributed by atoms with Crippen LogP contribution in [0.5, 0.6) is 0 Å². The van der Waals surface area contributed by atoms with E-state index in [9.17, 15) is 5.11 Å². The van der Waals surface area contributed by atoms with Gasteiger partial charge in [0.1, 0.15) is 12.1 Å². The lowest BCUT2D eigenvalue weighted by atomic mass is 9.74. The van der Waals surface area contributed by atoms with Crippen LogP contribution in [0.3, 0.4) is 0 Å². The van der Waals surface area contributed by atoms with Crippen molar-refractivity contribution in [2.75, 3.05) is 24.6 Å². The fourth-order valence-corrected chi connectivity index (χ4v) is 4.11. The lowest BCUT2D eigenvalue weighted by molar-refractivity contribution is 0.0831. The van der Waals surface area contributed by atoms with Gasteiger partial charge in [0, 0.05) is 25.6 Å². The predicted molar refractivity (Wildman–Crippen MR) is 91.5 cm³/mol. The zero-order chi connectivity index (χ0) is 16.6. The Morgan fingerprint density at radius 2 is 2.13 bits per heavy atom. The molecule has 0 spiro atoms. The molecule has 1 N–H and O–H groups in total. The predicted octanol–water partition coefficient (Wildman–Crippen LogP) is 2.30. The van der Waals surface area contributed by atoms with Crippen molar-refractivity contribution in [3.05, 3.63) is 12.0 Å². The average molecular weight is 317 g/mol. The Kier molecular flexibility index (Phi) is 4.27. The number of aryl methyl sites for hydroxylation is 2. The molecule has 0 radical (unpaired) electrons. The molecule has 0 unspecified atom stereocenters. The standard InChI is InChI=1S/C17H27N5O/c1-12(2)8-17(10-23)6-5-7-22(9-17)16-14-13(3)20-21(4)15(14)18-11-19-16/h11-12,23H,5-10H2,1-4H3/t17-/m0/s1. The minimum Gasteiger partial charge on any atom is -0.396 e. The van der Waals surface area contributed by atoms with Gasteiger partial charge in [0.25, 0.3) is 0 Å². The molecule has 126 valence electrons. The molecule has 3 rings (SSSR count). The summed E-state index contributed by atoms with van der Waals surface area (Å²) in [5.74, 6) is 1.54. The molecule has 2 aromatic rings. The molecule has 0 bridgehead atoms. The molecular formula is C17H27N5O. The van der Waals surface area contributed by atoms with Crippen LogP contribution in [0.4, 0.5) is 5.82 Å². The fraction of sp³-hybridized carbons (Fsp3) is 0.706. The molecule has 1 fully saturated rings. The normalized spacial score (nSPS) is 22.3. The fourth-order valence-electron chi connectivity index (χ4n) is 4.11. The van der Waals surface area contributed by atoms with Crippen molar-refractivity contribution in [1.82, 2.24) is 19.7 Å². The summed E-state index contributed by atoms with van der Waals surface area (Å²) in [5, 5.41) is 15.6. The van der Waals surface area contributed by atoms with E-state index < -0.39 is 0 Å². The number of fused-ring (bicyclic) bond motifs is 1. The van der Waals surface area contributed by atoms with E-state index in [1.54, 1.807) is 6.33 Å². The van der Waals surface area contributed by atoms with Gasteiger partial charge in [-0.2, -0.15) is 5.10 Å². The van der Waals surface area contributed by atoms with Crippen LogP contribution in [0.2, 0.25) is 0 Å². The molecule has 1 atom stereocenters. The first-order valence-electron chi connectivity index (χ1n) is 8.46. The van der Waals surface area contributed by atoms with Crippen molar-refractivity contribution in [1.29, 1.82) is 0 Å². The summed E-state index contributed by atoms with van der Waals surface area (Å²) in [7, 11) is 1.92. The Bertz CT molecular complexity index is 696. The second kappa shape index (κ2) is 6.07. The first-order valence-corrected chi connectivity index (χ1v) is 8.46. The number of hydrogen-bond acceptors (Lipinski definition) is 5. The summed E-state index contributed by atoms with van der Waals surface area (Å²) in [6, 6.07) is 0. The van der Waals surface area contributed by atoms with Gasteiger partial charge in [-0.1, -0.05) is 13.8 Å². The van der Waals surface area contributed by atoms with Gasteiger partial charge >= 0.3 is 0 Å². The van der Waals surface area contributed by atoms with E-state index >= 15 is 0 Å². The summed E-state index contributed by atoms with van der Waals surface area (Å²) in [6.45, 7) is 8.52. The Hall–Kier alpha value is -1.69. The van der Waals surface area contributed by atoms with Crippen molar-refractivity contribution in [2.24, 2.45) is 18.4 Å². The van der Waals surface area contributed by atoms with Crippen LogP contribution in [0.1, 0.15) is 38.8 Å². The highest BCUT2D eigenvalue weighted by Gasteiger charge is 2.36. The minimum atomic E-state index is -0.0280. The third-order valence-corrected chi connectivity index (χ3v) is 4.91. The zero-order valence-electron chi connectivity index (χ0n) is 14.6. The van der Waals surface area contributed by atoms with E-state index in [-0.39, 0.29) is 12.0 Å². The highest BCUT2D eigenvalue weighted by atomic mass is 16.3. The summed E-state index contributed by atoms with van der Waals surface area (Å²) in [4.78, 5) is 11.3. The third kappa shape index (κ3) is 2.92. The summed E-state index contributed by atoms with van der Waals surface area (Å²) >= 11 is 0. The lowest BCUT2D eigenvalue weighted by Crippen LogP contribution is -2.46. The number of rotatable bonds is 4. The molecule has 1 aliphatic heterocycles. The smallest absolute Gasteiger partial charge is 0.163 e. The third-order valence-electron chi connectivity index (χ3n) is 4.91.